The number of hydrogen-bond donors (Lipinski definition) is 0. The summed E-state index contributed by atoms with van der Waals surface area (Å²) in [6.45, 7) is 11.1. The number of pyridine rings is 1. The highest BCUT2D eigenvalue weighted by Gasteiger charge is 2.03. The number of hydrogen-bond acceptors (Lipinski definition) is 1. The summed E-state index contributed by atoms with van der Waals surface area (Å²) >= 11 is 0. The molecule has 0 radical (unpaired) electrons. The predicted octanol–water partition coefficient (Wildman–Crippen LogP) is 1.62. The number of nitrogens with zero attached hydrogens (tertiary/aromatic N) is 2. The largest absolute Gasteiger partial charge is 0.298 e. The number of likely N-dealkylation sites (N-methyl/N-ethyl adjacent to an activating group) is 1. The van der Waals surface area contributed by atoms with E-state index in [0.29, 0.717) is 0 Å². The number of aryl methyl sites for hydroxylation is 1. The average Bonchev–Trinajstić information content (AvgIpc) is 2.22. The Morgan fingerprint density at radius 2 is 1.71 bits per heavy atom. The topological polar surface area (TPSA) is 7.12 Å². The van der Waals surface area contributed by atoms with Crippen molar-refractivity contribution in [2.75, 3.05) is 19.6 Å². The average molecular weight is 193 g/mol. The monoisotopic (exact) mass is 193 g/mol. The molecule has 0 aliphatic heterocycles. The second-order valence-corrected chi connectivity index (χ2v) is 3.64. The second kappa shape index (κ2) is 5.76. The molecule has 0 atom stereocenters. The molecule has 0 aliphatic rings. The van der Waals surface area contributed by atoms with Crippen molar-refractivity contribution in [3.8, 4) is 0 Å². The smallest absolute Gasteiger partial charge is 0.169 e. The van der Waals surface area contributed by atoms with Crippen LogP contribution in [0.5, 0.6) is 0 Å². The molecule has 1 aromatic rings. The van der Waals surface area contributed by atoms with E-state index in [-0.39, 0.29) is 0 Å². The molecular weight excluding hydrogens is 172 g/mol. The van der Waals surface area contributed by atoms with Crippen LogP contribution in [0.1, 0.15) is 19.4 Å². The minimum Gasteiger partial charge on any atom is -0.298 e. The van der Waals surface area contributed by atoms with Crippen molar-refractivity contribution in [1.82, 2.24) is 4.90 Å². The van der Waals surface area contributed by atoms with Crippen LogP contribution in [0.2, 0.25) is 0 Å². The molecule has 0 saturated carbocycles. The van der Waals surface area contributed by atoms with Crippen molar-refractivity contribution in [3.63, 3.8) is 0 Å². The highest BCUT2D eigenvalue weighted by Crippen LogP contribution is 1.90. The molecule has 1 heterocycles. The van der Waals surface area contributed by atoms with E-state index in [1.807, 2.05) is 0 Å². The van der Waals surface area contributed by atoms with Gasteiger partial charge in [0.15, 0.2) is 18.9 Å². The molecule has 1 aromatic heterocycles. The maximum atomic E-state index is 2.44. The van der Waals surface area contributed by atoms with Crippen LogP contribution in [0.3, 0.4) is 0 Å². The van der Waals surface area contributed by atoms with Crippen LogP contribution in [-0.2, 0) is 6.54 Å². The molecule has 0 fully saturated rings. The van der Waals surface area contributed by atoms with Crippen molar-refractivity contribution in [1.29, 1.82) is 0 Å². The van der Waals surface area contributed by atoms with E-state index in [1.165, 1.54) is 5.56 Å². The van der Waals surface area contributed by atoms with E-state index in [1.54, 1.807) is 0 Å². The molecule has 14 heavy (non-hydrogen) atoms. The molecule has 2 heteroatoms. The Morgan fingerprint density at radius 3 is 2.21 bits per heavy atom. The molecule has 0 aliphatic carbocycles. The molecule has 0 N–H and O–H groups in total. The van der Waals surface area contributed by atoms with Crippen LogP contribution in [-0.4, -0.2) is 24.5 Å². The Bertz CT molecular complexity index is 250. The summed E-state index contributed by atoms with van der Waals surface area (Å²) in [6, 6.07) is 4.31. The first-order chi connectivity index (χ1) is 6.76. The highest BCUT2D eigenvalue weighted by molar-refractivity contribution is 5.03. The predicted molar refractivity (Wildman–Crippen MR) is 59.2 cm³/mol. The summed E-state index contributed by atoms with van der Waals surface area (Å²) in [5.74, 6) is 0. The van der Waals surface area contributed by atoms with Crippen LogP contribution in [0.25, 0.3) is 0 Å². The van der Waals surface area contributed by atoms with Gasteiger partial charge in [-0.25, -0.2) is 4.57 Å². The van der Waals surface area contributed by atoms with Gasteiger partial charge in [-0.05, 0) is 25.6 Å². The molecule has 0 aromatic carbocycles. The van der Waals surface area contributed by atoms with Crippen molar-refractivity contribution in [2.45, 2.75) is 27.3 Å². The lowest BCUT2D eigenvalue weighted by Crippen LogP contribution is -2.40. The maximum absolute atomic E-state index is 2.44. The highest BCUT2D eigenvalue weighted by atomic mass is 15.1. The quantitative estimate of drug-likeness (QED) is 0.645. The molecule has 2 nitrogen and oxygen atoms in total. The summed E-state index contributed by atoms with van der Waals surface area (Å²) in [4.78, 5) is 2.44. The molecule has 0 spiro atoms. The number of rotatable bonds is 5. The summed E-state index contributed by atoms with van der Waals surface area (Å²) in [5, 5.41) is 0. The van der Waals surface area contributed by atoms with Crippen molar-refractivity contribution < 1.29 is 4.57 Å². The van der Waals surface area contributed by atoms with Crippen molar-refractivity contribution in [2.24, 2.45) is 0 Å². The van der Waals surface area contributed by atoms with Gasteiger partial charge in [0.05, 0.1) is 6.54 Å². The Labute approximate surface area is 87.2 Å². The fraction of sp³-hybridized carbons (Fsp3) is 0.583. The molecule has 78 valence electrons. The van der Waals surface area contributed by atoms with Gasteiger partial charge in [-0.2, -0.15) is 0 Å². The zero-order valence-electron chi connectivity index (χ0n) is 9.53. The van der Waals surface area contributed by atoms with E-state index < -0.39 is 0 Å². The fourth-order valence-electron chi connectivity index (χ4n) is 1.48. The molecular formula is C12H21N2+. The van der Waals surface area contributed by atoms with Crippen LogP contribution in [0.15, 0.2) is 24.5 Å². The van der Waals surface area contributed by atoms with Crippen LogP contribution < -0.4 is 4.57 Å². The van der Waals surface area contributed by atoms with Gasteiger partial charge in [-0.1, -0.05) is 13.8 Å². The third kappa shape index (κ3) is 3.46. The minimum absolute atomic E-state index is 1.09. The van der Waals surface area contributed by atoms with E-state index >= 15 is 0 Å². The van der Waals surface area contributed by atoms with Gasteiger partial charge in [0, 0.05) is 12.1 Å². The maximum Gasteiger partial charge on any atom is 0.169 e. The van der Waals surface area contributed by atoms with E-state index in [9.17, 15) is 0 Å². The second-order valence-electron chi connectivity index (χ2n) is 3.64. The Hall–Kier alpha value is -0.890. The van der Waals surface area contributed by atoms with Gasteiger partial charge in [0.2, 0.25) is 0 Å². The fourth-order valence-corrected chi connectivity index (χ4v) is 1.48. The van der Waals surface area contributed by atoms with Crippen molar-refractivity contribution >= 4 is 0 Å². The van der Waals surface area contributed by atoms with Crippen LogP contribution >= 0.6 is 0 Å². The Kier molecular flexibility index (Phi) is 4.60. The third-order valence-electron chi connectivity index (χ3n) is 2.63. The Morgan fingerprint density at radius 1 is 1.14 bits per heavy atom. The molecule has 0 bridgehead atoms. The van der Waals surface area contributed by atoms with Crippen LogP contribution in [0.4, 0.5) is 0 Å². The standard InChI is InChI=1S/C12H21N2/c1-4-13(5-2)10-11-14-8-6-12(3)7-9-14/h6-9H,4-5,10-11H2,1-3H3/q+1. The summed E-state index contributed by atoms with van der Waals surface area (Å²) in [7, 11) is 0. The first-order valence-corrected chi connectivity index (χ1v) is 5.44. The summed E-state index contributed by atoms with van der Waals surface area (Å²) < 4.78 is 2.24. The SMILES string of the molecule is CCN(CC)CC[n+]1ccc(C)cc1. The van der Waals surface area contributed by atoms with Gasteiger partial charge in [-0.15, -0.1) is 0 Å². The van der Waals surface area contributed by atoms with E-state index in [4.69, 9.17) is 0 Å². The van der Waals surface area contributed by atoms with Gasteiger partial charge < -0.3 is 0 Å². The normalized spacial score (nSPS) is 10.9. The molecule has 0 amide bonds. The molecule has 0 unspecified atom stereocenters. The minimum atomic E-state index is 1.09. The van der Waals surface area contributed by atoms with Gasteiger partial charge >= 0.3 is 0 Å². The van der Waals surface area contributed by atoms with Crippen LogP contribution in [0, 0.1) is 6.92 Å². The first-order valence-electron chi connectivity index (χ1n) is 5.44. The zero-order valence-corrected chi connectivity index (χ0v) is 9.53. The lowest BCUT2D eigenvalue weighted by atomic mass is 10.3. The van der Waals surface area contributed by atoms with E-state index in [2.05, 4.69) is 54.8 Å². The first kappa shape index (κ1) is 11.2. The summed E-state index contributed by atoms with van der Waals surface area (Å²) in [6.07, 6.45) is 4.30. The Balaban J connectivity index is 2.41. The van der Waals surface area contributed by atoms with Gasteiger partial charge in [0.25, 0.3) is 0 Å². The van der Waals surface area contributed by atoms with Crippen molar-refractivity contribution in [3.05, 3.63) is 30.1 Å². The molecule has 0 saturated heterocycles. The zero-order chi connectivity index (χ0) is 10.4. The van der Waals surface area contributed by atoms with E-state index in [0.717, 1.165) is 26.2 Å². The third-order valence-corrected chi connectivity index (χ3v) is 2.63. The number of aromatic nitrogens is 1. The van der Waals surface area contributed by atoms with Gasteiger partial charge in [0.1, 0.15) is 0 Å². The summed E-state index contributed by atoms with van der Waals surface area (Å²) in [5.41, 5.74) is 1.32. The molecule has 1 rings (SSSR count). The van der Waals surface area contributed by atoms with Gasteiger partial charge in [-0.3, -0.25) is 4.90 Å². The lowest BCUT2D eigenvalue weighted by Gasteiger charge is -2.15. The lowest BCUT2D eigenvalue weighted by molar-refractivity contribution is -0.696.